The standard InChI is InChI=1S/C19H24N6O3/c20-18(21)24-13-1-5-16(6-2-13)27-11-9-15(26)10-12-28-17-7-3-14(4-8-17)25-19(22)23/h1-8H,9-12H2,(H4,20,21,24)(H4,22,23,25). The highest BCUT2D eigenvalue weighted by Crippen LogP contribution is 2.17. The van der Waals surface area contributed by atoms with E-state index in [1.807, 2.05) is 0 Å². The molecule has 0 heterocycles. The van der Waals surface area contributed by atoms with Crippen molar-refractivity contribution in [2.75, 3.05) is 23.8 Å². The summed E-state index contributed by atoms with van der Waals surface area (Å²) < 4.78 is 11.1. The summed E-state index contributed by atoms with van der Waals surface area (Å²) in [5, 5.41) is 19.7. The van der Waals surface area contributed by atoms with Gasteiger partial charge in [0.1, 0.15) is 17.3 Å². The van der Waals surface area contributed by atoms with Crippen LogP contribution in [0.1, 0.15) is 12.8 Å². The predicted molar refractivity (Wildman–Crippen MR) is 109 cm³/mol. The molecule has 0 saturated carbocycles. The Labute approximate surface area is 163 Å². The number of nitrogens with two attached hydrogens (primary N) is 2. The van der Waals surface area contributed by atoms with Crippen molar-refractivity contribution in [3.05, 3.63) is 48.5 Å². The number of rotatable bonds is 10. The molecule has 0 unspecified atom stereocenters. The van der Waals surface area contributed by atoms with Gasteiger partial charge in [-0.3, -0.25) is 15.6 Å². The highest BCUT2D eigenvalue weighted by molar-refractivity contribution is 5.90. The average Bonchev–Trinajstić information content (AvgIpc) is 2.64. The van der Waals surface area contributed by atoms with Crippen LogP contribution in [0.3, 0.4) is 0 Å². The number of nitrogens with one attached hydrogen (secondary N) is 4. The Kier molecular flexibility index (Phi) is 7.64. The van der Waals surface area contributed by atoms with E-state index in [4.69, 9.17) is 31.8 Å². The average molecular weight is 384 g/mol. The van der Waals surface area contributed by atoms with Crippen molar-refractivity contribution in [1.82, 2.24) is 0 Å². The molecule has 9 nitrogen and oxygen atoms in total. The molecule has 2 rings (SSSR count). The molecule has 0 aliphatic carbocycles. The summed E-state index contributed by atoms with van der Waals surface area (Å²) in [4.78, 5) is 11.9. The number of ether oxygens (including phenoxy) is 2. The molecule has 0 saturated heterocycles. The number of anilines is 2. The molecular weight excluding hydrogens is 360 g/mol. The Hall–Kier alpha value is -3.75. The lowest BCUT2D eigenvalue weighted by atomic mass is 10.2. The smallest absolute Gasteiger partial charge is 0.190 e. The van der Waals surface area contributed by atoms with Gasteiger partial charge in [-0.1, -0.05) is 0 Å². The molecular formula is C19H24N6O3. The lowest BCUT2D eigenvalue weighted by Crippen LogP contribution is -2.20. The van der Waals surface area contributed by atoms with Crippen molar-refractivity contribution in [3.8, 4) is 11.5 Å². The summed E-state index contributed by atoms with van der Waals surface area (Å²) in [6.45, 7) is 0.563. The quantitative estimate of drug-likeness (QED) is 0.270. The molecule has 9 heteroatoms. The fourth-order valence-electron chi connectivity index (χ4n) is 2.27. The van der Waals surface area contributed by atoms with Crippen LogP contribution in [0.4, 0.5) is 11.4 Å². The van der Waals surface area contributed by atoms with E-state index in [1.165, 1.54) is 0 Å². The van der Waals surface area contributed by atoms with E-state index >= 15 is 0 Å². The number of benzene rings is 2. The SMILES string of the molecule is N=C(N)Nc1ccc(OCCC(=O)CCOc2ccc(NC(=N)N)cc2)cc1. The number of ketones is 1. The van der Waals surface area contributed by atoms with Gasteiger partial charge in [-0.2, -0.15) is 0 Å². The first kappa shape index (κ1) is 20.6. The van der Waals surface area contributed by atoms with Crippen LogP contribution in [0.5, 0.6) is 11.5 Å². The molecule has 0 aromatic heterocycles. The summed E-state index contributed by atoms with van der Waals surface area (Å²) in [5.41, 5.74) is 11.9. The third-order valence-electron chi connectivity index (χ3n) is 3.57. The maximum atomic E-state index is 11.9. The molecule has 0 bridgehead atoms. The van der Waals surface area contributed by atoms with Gasteiger partial charge in [0.05, 0.1) is 13.2 Å². The van der Waals surface area contributed by atoms with Crippen LogP contribution >= 0.6 is 0 Å². The molecule has 0 atom stereocenters. The lowest BCUT2D eigenvalue weighted by molar-refractivity contribution is -0.120. The molecule has 0 amide bonds. The van der Waals surface area contributed by atoms with Crippen molar-refractivity contribution in [2.24, 2.45) is 11.5 Å². The van der Waals surface area contributed by atoms with E-state index in [9.17, 15) is 4.79 Å². The minimum atomic E-state index is -0.134. The molecule has 8 N–H and O–H groups in total. The predicted octanol–water partition coefficient (Wildman–Crippen LogP) is 2.10. The summed E-state index contributed by atoms with van der Waals surface area (Å²) in [7, 11) is 0. The van der Waals surface area contributed by atoms with E-state index in [0.29, 0.717) is 22.9 Å². The first-order chi connectivity index (χ1) is 13.4. The summed E-state index contributed by atoms with van der Waals surface area (Å²) in [5.74, 6) is 1.05. The molecule has 0 aliphatic rings. The largest absolute Gasteiger partial charge is 0.493 e. The van der Waals surface area contributed by atoms with Crippen LogP contribution in [-0.2, 0) is 4.79 Å². The first-order valence-corrected chi connectivity index (χ1v) is 8.62. The summed E-state index contributed by atoms with van der Waals surface area (Å²) >= 11 is 0. The maximum Gasteiger partial charge on any atom is 0.190 e. The van der Waals surface area contributed by atoms with Crippen molar-refractivity contribution in [1.29, 1.82) is 10.8 Å². The Balaban J connectivity index is 1.63. The van der Waals surface area contributed by atoms with Gasteiger partial charge in [0, 0.05) is 24.2 Å². The highest BCUT2D eigenvalue weighted by Gasteiger charge is 2.04. The molecule has 148 valence electrons. The number of carbonyl (C=O) groups is 1. The van der Waals surface area contributed by atoms with Crippen molar-refractivity contribution in [3.63, 3.8) is 0 Å². The van der Waals surface area contributed by atoms with Crippen LogP contribution < -0.4 is 31.6 Å². The van der Waals surface area contributed by atoms with E-state index in [1.54, 1.807) is 48.5 Å². The molecule has 2 aromatic carbocycles. The Morgan fingerprint density at radius 2 is 1.11 bits per heavy atom. The van der Waals surface area contributed by atoms with Crippen LogP contribution in [-0.4, -0.2) is 30.9 Å². The van der Waals surface area contributed by atoms with Gasteiger partial charge >= 0.3 is 0 Å². The molecule has 0 spiro atoms. The zero-order valence-electron chi connectivity index (χ0n) is 15.3. The van der Waals surface area contributed by atoms with E-state index in [-0.39, 0.29) is 43.8 Å². The zero-order valence-corrected chi connectivity index (χ0v) is 15.3. The van der Waals surface area contributed by atoms with Crippen molar-refractivity contribution < 1.29 is 14.3 Å². The van der Waals surface area contributed by atoms with Gasteiger partial charge in [-0.15, -0.1) is 0 Å². The zero-order chi connectivity index (χ0) is 20.4. The Morgan fingerprint density at radius 1 is 0.750 bits per heavy atom. The highest BCUT2D eigenvalue weighted by atomic mass is 16.5. The molecule has 0 radical (unpaired) electrons. The number of Topliss-reactive ketones (excluding diaryl/α,β-unsaturated/α-hetero) is 1. The third kappa shape index (κ3) is 7.65. The third-order valence-corrected chi connectivity index (χ3v) is 3.57. The molecule has 28 heavy (non-hydrogen) atoms. The lowest BCUT2D eigenvalue weighted by Gasteiger charge is -2.09. The minimum Gasteiger partial charge on any atom is -0.493 e. The summed E-state index contributed by atoms with van der Waals surface area (Å²) in [6.07, 6.45) is 0.580. The topological polar surface area (TPSA) is 159 Å². The monoisotopic (exact) mass is 384 g/mol. The fourth-order valence-corrected chi connectivity index (χ4v) is 2.27. The van der Waals surface area contributed by atoms with Gasteiger partial charge in [0.25, 0.3) is 0 Å². The minimum absolute atomic E-state index is 0.0460. The van der Waals surface area contributed by atoms with Crippen LogP contribution in [0.25, 0.3) is 0 Å². The molecule has 0 aliphatic heterocycles. The first-order valence-electron chi connectivity index (χ1n) is 8.62. The van der Waals surface area contributed by atoms with Crippen molar-refractivity contribution >= 4 is 29.1 Å². The number of hydrogen-bond donors (Lipinski definition) is 6. The second kappa shape index (κ2) is 10.4. The second-order valence-corrected chi connectivity index (χ2v) is 5.86. The van der Waals surface area contributed by atoms with Crippen LogP contribution in [0.15, 0.2) is 48.5 Å². The number of guanidine groups is 2. The second-order valence-electron chi connectivity index (χ2n) is 5.86. The van der Waals surface area contributed by atoms with E-state index < -0.39 is 0 Å². The Bertz CT molecular complexity index is 738. The number of carbonyl (C=O) groups excluding carboxylic acids is 1. The van der Waals surface area contributed by atoms with Crippen molar-refractivity contribution in [2.45, 2.75) is 12.8 Å². The molecule has 0 fully saturated rings. The van der Waals surface area contributed by atoms with E-state index in [2.05, 4.69) is 10.6 Å². The Morgan fingerprint density at radius 3 is 1.43 bits per heavy atom. The maximum absolute atomic E-state index is 11.9. The summed E-state index contributed by atoms with van der Waals surface area (Å²) in [6, 6.07) is 13.9. The van der Waals surface area contributed by atoms with Gasteiger partial charge in [-0.05, 0) is 48.5 Å². The van der Waals surface area contributed by atoms with Gasteiger partial charge < -0.3 is 31.6 Å². The number of hydrogen-bond acceptors (Lipinski definition) is 5. The fraction of sp³-hybridized carbons (Fsp3) is 0.211. The van der Waals surface area contributed by atoms with Gasteiger partial charge in [0.2, 0.25) is 0 Å². The van der Waals surface area contributed by atoms with Gasteiger partial charge in [0.15, 0.2) is 11.9 Å². The van der Waals surface area contributed by atoms with Crippen LogP contribution in [0.2, 0.25) is 0 Å². The normalized spacial score (nSPS) is 10.0. The van der Waals surface area contributed by atoms with Gasteiger partial charge in [-0.25, -0.2) is 0 Å². The molecule has 2 aromatic rings. The van der Waals surface area contributed by atoms with E-state index in [0.717, 1.165) is 0 Å². The van der Waals surface area contributed by atoms with Crippen LogP contribution in [0, 0.1) is 10.8 Å².